The standard InChI is InChI=1S/C13H14F3N3O2/c14-13(15,16)10-2-1-3-11(17-10)18-5-4-9(8-18)19-6-7-21-12(19)20/h1-3,9H,4-8H2. The Morgan fingerprint density at radius 1 is 1.29 bits per heavy atom. The van der Waals surface area contributed by atoms with Gasteiger partial charge in [0.2, 0.25) is 0 Å². The van der Waals surface area contributed by atoms with Crippen LogP contribution >= 0.6 is 0 Å². The first-order valence-corrected chi connectivity index (χ1v) is 6.68. The molecular formula is C13H14F3N3O2. The largest absolute Gasteiger partial charge is 0.448 e. The fourth-order valence-electron chi connectivity index (χ4n) is 2.70. The fraction of sp³-hybridized carbons (Fsp3) is 0.538. The Bertz CT molecular complexity index is 550. The van der Waals surface area contributed by atoms with E-state index in [-0.39, 0.29) is 12.1 Å². The zero-order valence-corrected chi connectivity index (χ0v) is 11.1. The summed E-state index contributed by atoms with van der Waals surface area (Å²) >= 11 is 0. The molecule has 114 valence electrons. The molecule has 3 rings (SSSR count). The summed E-state index contributed by atoms with van der Waals surface area (Å²) in [5.41, 5.74) is -0.899. The van der Waals surface area contributed by atoms with Crippen LogP contribution in [0.3, 0.4) is 0 Å². The monoisotopic (exact) mass is 301 g/mol. The molecule has 0 aliphatic carbocycles. The summed E-state index contributed by atoms with van der Waals surface area (Å²) in [6.45, 7) is 1.96. The topological polar surface area (TPSA) is 45.7 Å². The lowest BCUT2D eigenvalue weighted by Crippen LogP contribution is -2.38. The molecule has 2 saturated heterocycles. The highest BCUT2D eigenvalue weighted by molar-refractivity contribution is 5.70. The van der Waals surface area contributed by atoms with E-state index < -0.39 is 11.9 Å². The molecule has 5 nitrogen and oxygen atoms in total. The van der Waals surface area contributed by atoms with Gasteiger partial charge < -0.3 is 9.64 Å². The lowest BCUT2D eigenvalue weighted by molar-refractivity contribution is -0.141. The smallest absolute Gasteiger partial charge is 0.433 e. The van der Waals surface area contributed by atoms with Crippen LogP contribution in [0.4, 0.5) is 23.8 Å². The van der Waals surface area contributed by atoms with Gasteiger partial charge in [-0.05, 0) is 18.6 Å². The Balaban J connectivity index is 1.73. The molecule has 1 aromatic heterocycles. The molecule has 1 aromatic rings. The van der Waals surface area contributed by atoms with Gasteiger partial charge >= 0.3 is 12.3 Å². The third-order valence-electron chi connectivity index (χ3n) is 3.75. The molecule has 0 saturated carbocycles. The van der Waals surface area contributed by atoms with Crippen molar-refractivity contribution in [3.63, 3.8) is 0 Å². The molecule has 2 fully saturated rings. The maximum atomic E-state index is 12.7. The summed E-state index contributed by atoms with van der Waals surface area (Å²) in [4.78, 5) is 18.6. The minimum atomic E-state index is -4.45. The number of rotatable bonds is 2. The number of carbonyl (C=O) groups excluding carboxylic acids is 1. The van der Waals surface area contributed by atoms with E-state index in [0.29, 0.717) is 38.5 Å². The summed E-state index contributed by atoms with van der Waals surface area (Å²) < 4.78 is 42.9. The van der Waals surface area contributed by atoms with Crippen molar-refractivity contribution in [2.24, 2.45) is 0 Å². The zero-order chi connectivity index (χ0) is 15.0. The first-order chi connectivity index (χ1) is 9.95. The van der Waals surface area contributed by atoms with E-state index in [4.69, 9.17) is 4.74 Å². The number of hydrogen-bond acceptors (Lipinski definition) is 4. The number of halogens is 3. The minimum absolute atomic E-state index is 0.0312. The van der Waals surface area contributed by atoms with Crippen LogP contribution in [-0.4, -0.2) is 48.3 Å². The average Bonchev–Trinajstić information content (AvgIpc) is 3.06. The maximum absolute atomic E-state index is 12.7. The van der Waals surface area contributed by atoms with Crippen LogP contribution in [0.25, 0.3) is 0 Å². The van der Waals surface area contributed by atoms with E-state index in [1.807, 2.05) is 0 Å². The van der Waals surface area contributed by atoms with E-state index >= 15 is 0 Å². The molecule has 3 heterocycles. The summed E-state index contributed by atoms with van der Waals surface area (Å²) in [5, 5.41) is 0. The molecule has 0 N–H and O–H groups in total. The minimum Gasteiger partial charge on any atom is -0.448 e. The van der Waals surface area contributed by atoms with E-state index in [1.165, 1.54) is 6.07 Å². The molecule has 8 heteroatoms. The second-order valence-electron chi connectivity index (χ2n) is 5.08. The Morgan fingerprint density at radius 2 is 2.10 bits per heavy atom. The van der Waals surface area contributed by atoms with Gasteiger partial charge in [-0.2, -0.15) is 13.2 Å². The first-order valence-electron chi connectivity index (χ1n) is 6.68. The molecule has 0 spiro atoms. The van der Waals surface area contributed by atoms with Crippen LogP contribution in [0, 0.1) is 0 Å². The molecule has 0 radical (unpaired) electrons. The predicted octanol–water partition coefficient (Wildman–Crippen LogP) is 2.13. The van der Waals surface area contributed by atoms with E-state index in [0.717, 1.165) is 6.07 Å². The van der Waals surface area contributed by atoms with Gasteiger partial charge in [0.05, 0.1) is 12.6 Å². The lowest BCUT2D eigenvalue weighted by atomic mass is 10.2. The van der Waals surface area contributed by atoms with Gasteiger partial charge in [-0.15, -0.1) is 0 Å². The number of carbonyl (C=O) groups is 1. The molecule has 2 aliphatic heterocycles. The predicted molar refractivity (Wildman–Crippen MR) is 67.9 cm³/mol. The van der Waals surface area contributed by atoms with Crippen LogP contribution in [0.2, 0.25) is 0 Å². The third kappa shape index (κ3) is 2.74. The van der Waals surface area contributed by atoms with Crippen LogP contribution in [0.15, 0.2) is 18.2 Å². The van der Waals surface area contributed by atoms with Gasteiger partial charge in [-0.25, -0.2) is 9.78 Å². The van der Waals surface area contributed by atoms with Gasteiger partial charge in [-0.1, -0.05) is 6.07 Å². The van der Waals surface area contributed by atoms with Crippen molar-refractivity contribution < 1.29 is 22.7 Å². The fourth-order valence-corrected chi connectivity index (χ4v) is 2.70. The van der Waals surface area contributed by atoms with Crippen molar-refractivity contribution in [3.05, 3.63) is 23.9 Å². The second-order valence-corrected chi connectivity index (χ2v) is 5.08. The third-order valence-corrected chi connectivity index (χ3v) is 3.75. The molecule has 0 aromatic carbocycles. The maximum Gasteiger partial charge on any atom is 0.433 e. The SMILES string of the molecule is O=C1OCCN1C1CCN(c2cccc(C(F)(F)F)n2)C1. The number of amides is 1. The molecule has 1 atom stereocenters. The summed E-state index contributed by atoms with van der Waals surface area (Å²) in [7, 11) is 0. The summed E-state index contributed by atoms with van der Waals surface area (Å²) in [6.07, 6.45) is -4.10. The van der Waals surface area contributed by atoms with Crippen molar-refractivity contribution >= 4 is 11.9 Å². The van der Waals surface area contributed by atoms with Crippen molar-refractivity contribution in [3.8, 4) is 0 Å². The molecule has 0 bridgehead atoms. The normalized spacial score (nSPS) is 22.8. The Hall–Kier alpha value is -1.99. The quantitative estimate of drug-likeness (QED) is 0.839. The van der Waals surface area contributed by atoms with Gasteiger partial charge in [0.1, 0.15) is 18.1 Å². The van der Waals surface area contributed by atoms with Crippen LogP contribution in [-0.2, 0) is 10.9 Å². The molecular weight excluding hydrogens is 287 g/mol. The molecule has 2 aliphatic rings. The Morgan fingerprint density at radius 3 is 2.76 bits per heavy atom. The van der Waals surface area contributed by atoms with Crippen molar-refractivity contribution in [2.45, 2.75) is 18.6 Å². The van der Waals surface area contributed by atoms with Gasteiger partial charge in [0.15, 0.2) is 0 Å². The lowest BCUT2D eigenvalue weighted by Gasteiger charge is -2.22. The summed E-state index contributed by atoms with van der Waals surface area (Å²) in [6, 6.07) is 3.83. The van der Waals surface area contributed by atoms with E-state index in [2.05, 4.69) is 4.98 Å². The van der Waals surface area contributed by atoms with Crippen LogP contribution in [0.5, 0.6) is 0 Å². The number of pyridine rings is 1. The highest BCUT2D eigenvalue weighted by Crippen LogP contribution is 2.30. The Labute approximate surface area is 119 Å². The van der Waals surface area contributed by atoms with Gasteiger partial charge in [0.25, 0.3) is 0 Å². The highest BCUT2D eigenvalue weighted by atomic mass is 19.4. The highest BCUT2D eigenvalue weighted by Gasteiger charge is 2.36. The first kappa shape index (κ1) is 14.0. The van der Waals surface area contributed by atoms with Gasteiger partial charge in [0, 0.05) is 13.1 Å². The average molecular weight is 301 g/mol. The van der Waals surface area contributed by atoms with Crippen LogP contribution < -0.4 is 4.90 Å². The zero-order valence-electron chi connectivity index (χ0n) is 11.1. The van der Waals surface area contributed by atoms with E-state index in [9.17, 15) is 18.0 Å². The molecule has 1 unspecified atom stereocenters. The van der Waals surface area contributed by atoms with Gasteiger partial charge in [-0.3, -0.25) is 4.90 Å². The number of aromatic nitrogens is 1. The second kappa shape index (κ2) is 5.09. The Kier molecular flexibility index (Phi) is 3.38. The van der Waals surface area contributed by atoms with E-state index in [1.54, 1.807) is 15.9 Å². The number of ether oxygens (including phenoxy) is 1. The van der Waals surface area contributed by atoms with Crippen molar-refractivity contribution in [2.75, 3.05) is 31.1 Å². The number of anilines is 1. The number of hydrogen-bond donors (Lipinski definition) is 0. The number of nitrogens with zero attached hydrogens (tertiary/aromatic N) is 3. The number of cyclic esters (lactones) is 1. The number of alkyl halides is 3. The van der Waals surface area contributed by atoms with Crippen molar-refractivity contribution in [1.82, 2.24) is 9.88 Å². The van der Waals surface area contributed by atoms with Crippen molar-refractivity contribution in [1.29, 1.82) is 0 Å². The summed E-state index contributed by atoms with van der Waals surface area (Å²) in [5.74, 6) is 0.292. The molecule has 1 amide bonds. The molecule has 21 heavy (non-hydrogen) atoms. The van der Waals surface area contributed by atoms with Crippen LogP contribution in [0.1, 0.15) is 12.1 Å².